The van der Waals surface area contributed by atoms with Gasteiger partial charge in [-0.1, -0.05) is 6.92 Å². The van der Waals surface area contributed by atoms with Gasteiger partial charge in [-0.3, -0.25) is 4.79 Å². The highest BCUT2D eigenvalue weighted by molar-refractivity contribution is 7.91. The van der Waals surface area contributed by atoms with E-state index < -0.39 is 9.84 Å². The fourth-order valence-corrected chi connectivity index (χ4v) is 5.22. The maximum Gasteiger partial charge on any atom is 0.272 e. The Hall–Kier alpha value is -1.67. The highest BCUT2D eigenvalue weighted by Gasteiger charge is 2.31. The van der Waals surface area contributed by atoms with Gasteiger partial charge in [-0.15, -0.1) is 0 Å². The number of piperazine rings is 1. The van der Waals surface area contributed by atoms with Crippen molar-refractivity contribution >= 4 is 21.4 Å². The smallest absolute Gasteiger partial charge is 0.272 e. The molecule has 3 rings (SSSR count). The molecule has 2 aliphatic heterocycles. The first kappa shape index (κ1) is 18.1. The zero-order chi connectivity index (χ0) is 18.0. The Morgan fingerprint density at radius 3 is 2.52 bits per heavy atom. The van der Waals surface area contributed by atoms with E-state index in [1.807, 2.05) is 22.9 Å². The van der Waals surface area contributed by atoms with Crippen LogP contribution < -0.4 is 4.90 Å². The molecule has 138 valence electrons. The number of carbonyl (C=O) groups is 1. The molecular weight excluding hydrogens is 340 g/mol. The second kappa shape index (κ2) is 7.29. The first-order valence-electron chi connectivity index (χ1n) is 8.80. The zero-order valence-electron chi connectivity index (χ0n) is 14.9. The molecule has 0 spiro atoms. The summed E-state index contributed by atoms with van der Waals surface area (Å²) in [5, 5.41) is 0. The van der Waals surface area contributed by atoms with Crippen molar-refractivity contribution in [3.8, 4) is 0 Å². The van der Waals surface area contributed by atoms with Crippen LogP contribution in [0.2, 0.25) is 0 Å². The van der Waals surface area contributed by atoms with E-state index in [9.17, 15) is 13.2 Å². The third-order valence-corrected chi connectivity index (χ3v) is 6.99. The molecule has 1 unspecified atom stereocenters. The normalized spacial score (nSPS) is 23.6. The first-order chi connectivity index (χ1) is 11.9. The van der Waals surface area contributed by atoms with Crippen LogP contribution in [0.15, 0.2) is 18.3 Å². The van der Waals surface area contributed by atoms with Crippen molar-refractivity contribution in [2.75, 3.05) is 56.2 Å². The van der Waals surface area contributed by atoms with Crippen LogP contribution >= 0.6 is 0 Å². The summed E-state index contributed by atoms with van der Waals surface area (Å²) in [7, 11) is -1.04. The van der Waals surface area contributed by atoms with E-state index in [0.29, 0.717) is 12.1 Å². The standard InChI is InChI=1S/C17H26N4O3S/c1-3-20-7-9-21(10-8-20)17(22)16-5-4-14(12-18-16)19(2)15-6-11-25(23,24)13-15/h4-5,12,15H,3,6-11,13H2,1-2H3. The molecule has 2 fully saturated rings. The topological polar surface area (TPSA) is 73.8 Å². The second-order valence-corrected chi connectivity index (χ2v) is 9.02. The van der Waals surface area contributed by atoms with Crippen molar-refractivity contribution in [2.24, 2.45) is 0 Å². The highest BCUT2D eigenvalue weighted by atomic mass is 32.2. The number of likely N-dealkylation sites (N-methyl/N-ethyl adjacent to an activating group) is 1. The molecule has 0 saturated carbocycles. The van der Waals surface area contributed by atoms with Crippen molar-refractivity contribution < 1.29 is 13.2 Å². The number of hydrogen-bond donors (Lipinski definition) is 0. The monoisotopic (exact) mass is 366 g/mol. The maximum absolute atomic E-state index is 12.6. The minimum Gasteiger partial charge on any atom is -0.369 e. The van der Waals surface area contributed by atoms with Crippen molar-refractivity contribution in [1.29, 1.82) is 0 Å². The zero-order valence-corrected chi connectivity index (χ0v) is 15.7. The molecule has 1 amide bonds. The van der Waals surface area contributed by atoms with Crippen molar-refractivity contribution in [1.82, 2.24) is 14.8 Å². The summed E-state index contributed by atoms with van der Waals surface area (Å²) in [5.41, 5.74) is 1.29. The highest BCUT2D eigenvalue weighted by Crippen LogP contribution is 2.22. The van der Waals surface area contributed by atoms with Gasteiger partial charge in [0.05, 0.1) is 23.4 Å². The van der Waals surface area contributed by atoms with Crippen LogP contribution in [-0.2, 0) is 9.84 Å². The average molecular weight is 366 g/mol. The van der Waals surface area contributed by atoms with Crippen LogP contribution in [-0.4, -0.2) is 86.4 Å². The predicted molar refractivity (Wildman–Crippen MR) is 97.7 cm³/mol. The maximum atomic E-state index is 12.6. The lowest BCUT2D eigenvalue weighted by Gasteiger charge is -2.33. The molecule has 2 aliphatic rings. The minimum atomic E-state index is -2.92. The molecule has 0 aromatic carbocycles. The Morgan fingerprint density at radius 2 is 2.00 bits per heavy atom. The van der Waals surface area contributed by atoms with Gasteiger partial charge in [0.2, 0.25) is 0 Å². The van der Waals surface area contributed by atoms with E-state index in [1.165, 1.54) is 0 Å². The number of anilines is 1. The van der Waals surface area contributed by atoms with Crippen LogP contribution in [0.3, 0.4) is 0 Å². The van der Waals surface area contributed by atoms with Crippen LogP contribution in [0.4, 0.5) is 5.69 Å². The Kier molecular flexibility index (Phi) is 5.29. The summed E-state index contributed by atoms with van der Waals surface area (Å²) >= 11 is 0. The fraction of sp³-hybridized carbons (Fsp3) is 0.647. The molecule has 1 aromatic heterocycles. The van der Waals surface area contributed by atoms with Gasteiger partial charge >= 0.3 is 0 Å². The van der Waals surface area contributed by atoms with Crippen molar-refractivity contribution in [3.05, 3.63) is 24.0 Å². The van der Waals surface area contributed by atoms with E-state index in [-0.39, 0.29) is 23.5 Å². The number of pyridine rings is 1. The SMILES string of the molecule is CCN1CCN(C(=O)c2ccc(N(C)C3CCS(=O)(=O)C3)cn2)CC1. The van der Waals surface area contributed by atoms with Gasteiger partial charge in [0, 0.05) is 39.3 Å². The number of aromatic nitrogens is 1. The number of sulfone groups is 1. The minimum absolute atomic E-state index is 0.0181. The van der Waals surface area contributed by atoms with Crippen molar-refractivity contribution in [2.45, 2.75) is 19.4 Å². The summed E-state index contributed by atoms with van der Waals surface area (Å²) in [6, 6.07) is 3.58. The molecule has 0 N–H and O–H groups in total. The van der Waals surface area contributed by atoms with Crippen LogP contribution in [0.25, 0.3) is 0 Å². The number of amides is 1. The predicted octanol–water partition coefficient (Wildman–Crippen LogP) is 0.483. The molecule has 1 atom stereocenters. The van der Waals surface area contributed by atoms with Crippen molar-refractivity contribution in [3.63, 3.8) is 0 Å². The van der Waals surface area contributed by atoms with Gasteiger partial charge in [0.15, 0.2) is 9.84 Å². The summed E-state index contributed by atoms with van der Waals surface area (Å²) in [6.45, 7) is 6.41. The lowest BCUT2D eigenvalue weighted by molar-refractivity contribution is 0.0637. The summed E-state index contributed by atoms with van der Waals surface area (Å²) < 4.78 is 23.3. The molecule has 0 aliphatic carbocycles. The number of rotatable bonds is 4. The number of carbonyl (C=O) groups excluding carboxylic acids is 1. The average Bonchev–Trinajstić information content (AvgIpc) is 3.00. The Morgan fingerprint density at radius 1 is 1.28 bits per heavy atom. The van der Waals surface area contributed by atoms with E-state index in [4.69, 9.17) is 0 Å². The largest absolute Gasteiger partial charge is 0.369 e. The van der Waals surface area contributed by atoms with E-state index in [1.54, 1.807) is 12.3 Å². The van der Waals surface area contributed by atoms with Crippen LogP contribution in [0, 0.1) is 0 Å². The summed E-state index contributed by atoms with van der Waals surface area (Å²) in [5.74, 6) is 0.398. The second-order valence-electron chi connectivity index (χ2n) is 6.80. The molecule has 8 heteroatoms. The Balaban J connectivity index is 1.63. The molecule has 0 bridgehead atoms. The van der Waals surface area contributed by atoms with Gasteiger partial charge in [-0.25, -0.2) is 13.4 Å². The van der Waals surface area contributed by atoms with E-state index >= 15 is 0 Å². The molecule has 7 nitrogen and oxygen atoms in total. The number of hydrogen-bond acceptors (Lipinski definition) is 6. The molecule has 0 radical (unpaired) electrons. The molecule has 2 saturated heterocycles. The molecule has 25 heavy (non-hydrogen) atoms. The van der Waals surface area contributed by atoms with Gasteiger partial charge in [0.1, 0.15) is 5.69 Å². The molecule has 1 aromatic rings. The van der Waals surface area contributed by atoms with E-state index in [0.717, 1.165) is 38.4 Å². The van der Waals surface area contributed by atoms with Gasteiger partial charge in [-0.05, 0) is 25.1 Å². The summed E-state index contributed by atoms with van der Waals surface area (Å²) in [4.78, 5) is 23.0. The van der Waals surface area contributed by atoms with Gasteiger partial charge in [0.25, 0.3) is 5.91 Å². The quantitative estimate of drug-likeness (QED) is 0.772. The van der Waals surface area contributed by atoms with Gasteiger partial charge < -0.3 is 14.7 Å². The Labute approximate surface area is 149 Å². The third-order valence-electron chi connectivity index (χ3n) is 5.24. The summed E-state index contributed by atoms with van der Waals surface area (Å²) in [6.07, 6.45) is 2.31. The first-order valence-corrected chi connectivity index (χ1v) is 10.6. The van der Waals surface area contributed by atoms with Crippen LogP contribution in [0.5, 0.6) is 0 Å². The Bertz CT molecular complexity index is 712. The molecular formula is C17H26N4O3S. The van der Waals surface area contributed by atoms with Gasteiger partial charge in [-0.2, -0.15) is 0 Å². The van der Waals surface area contributed by atoms with E-state index in [2.05, 4.69) is 16.8 Å². The molecule has 3 heterocycles. The third kappa shape index (κ3) is 4.12. The number of nitrogens with zero attached hydrogens (tertiary/aromatic N) is 4. The fourth-order valence-electron chi connectivity index (χ4n) is 3.44. The van der Waals surface area contributed by atoms with Crippen LogP contribution in [0.1, 0.15) is 23.8 Å². The lowest BCUT2D eigenvalue weighted by atomic mass is 10.2. The lowest BCUT2D eigenvalue weighted by Crippen LogP contribution is -2.48.